The Morgan fingerprint density at radius 3 is 2.25 bits per heavy atom. The van der Waals surface area contributed by atoms with Gasteiger partial charge < -0.3 is 25.5 Å². The SMILES string of the molecule is Cc1ncsc1-c1ccc([C@H](C)NC(=O)[C@@H]2C[C@@H](O)CN2C(=O)C(NC(=O)CCCCCCCS(=O)(=O)NC(=O)c2nc(N3CCc4cccc(C(=O)Nc5nc6ccccc6s5)c4C3)ccc2-c2cnn(CC34CC5CC(CC(C5)C3)C4)c2C)C(C)(C)C)cc1. The van der Waals surface area contributed by atoms with E-state index in [0.29, 0.717) is 72.8 Å². The fourth-order valence-corrected chi connectivity index (χ4v) is 18.1. The van der Waals surface area contributed by atoms with Crippen molar-refractivity contribution in [1.29, 1.82) is 0 Å². The first-order valence-electron chi connectivity index (χ1n) is 32.3. The summed E-state index contributed by atoms with van der Waals surface area (Å²) in [5, 5.41) is 25.2. The predicted molar refractivity (Wildman–Crippen MR) is 355 cm³/mol. The number of fused-ring (bicyclic) bond motifs is 2. The topological polar surface area (TPSA) is 251 Å². The van der Waals surface area contributed by atoms with Crippen LogP contribution in [0.5, 0.6) is 0 Å². The molecule has 2 aliphatic heterocycles. The Morgan fingerprint density at radius 2 is 1.54 bits per heavy atom. The van der Waals surface area contributed by atoms with Crippen LogP contribution in [0.4, 0.5) is 10.9 Å². The van der Waals surface area contributed by atoms with Gasteiger partial charge in [-0.25, -0.2) is 28.1 Å². The van der Waals surface area contributed by atoms with Crippen molar-refractivity contribution in [3.05, 3.63) is 130 Å². The first-order chi connectivity index (χ1) is 43.6. The van der Waals surface area contributed by atoms with E-state index in [1.807, 2.05) is 125 Å². The van der Waals surface area contributed by atoms with Gasteiger partial charge in [-0.3, -0.25) is 34.0 Å². The molecule has 22 heteroatoms. The molecule has 4 bridgehead atoms. The van der Waals surface area contributed by atoms with Gasteiger partial charge in [-0.05, 0) is 160 Å². The highest BCUT2D eigenvalue weighted by Crippen LogP contribution is 2.60. The second-order valence-corrected chi connectivity index (χ2v) is 31.2. The largest absolute Gasteiger partial charge is 0.391 e. The number of rotatable bonds is 22. The van der Waals surface area contributed by atoms with Crippen LogP contribution in [0.3, 0.4) is 0 Å². The summed E-state index contributed by atoms with van der Waals surface area (Å²) in [4.78, 5) is 88.7. The summed E-state index contributed by atoms with van der Waals surface area (Å²) in [6, 6.07) is 22.8. The number of para-hydroxylation sites is 1. The molecule has 19 nitrogen and oxygen atoms in total. The summed E-state index contributed by atoms with van der Waals surface area (Å²) in [7, 11) is -4.15. The number of unbranched alkanes of at least 4 members (excludes halogenated alkanes) is 4. The van der Waals surface area contributed by atoms with E-state index in [1.165, 1.54) is 54.8 Å². The van der Waals surface area contributed by atoms with Crippen molar-refractivity contribution >= 4 is 83.4 Å². The molecule has 4 aromatic heterocycles. The Balaban J connectivity index is 0.663. The van der Waals surface area contributed by atoms with Crippen molar-refractivity contribution in [1.82, 2.24) is 45.0 Å². The number of hydrogen-bond acceptors (Lipinski definition) is 15. The van der Waals surface area contributed by atoms with Crippen LogP contribution in [0.15, 0.2) is 90.6 Å². The number of aliphatic hydroxyl groups excluding tert-OH is 1. The molecule has 480 valence electrons. The number of benzene rings is 3. The van der Waals surface area contributed by atoms with Gasteiger partial charge in [-0.15, -0.1) is 11.3 Å². The van der Waals surface area contributed by atoms with Gasteiger partial charge in [0.2, 0.25) is 27.7 Å². The molecule has 1 saturated heterocycles. The number of pyridine rings is 1. The summed E-state index contributed by atoms with van der Waals surface area (Å²) in [6.45, 7) is 13.0. The highest BCUT2D eigenvalue weighted by atomic mass is 32.2. The Labute approximate surface area is 540 Å². The van der Waals surface area contributed by atoms with Crippen molar-refractivity contribution in [2.24, 2.45) is 28.6 Å². The number of nitrogens with zero attached hydrogens (tertiary/aromatic N) is 7. The average molecular weight is 1290 g/mol. The van der Waals surface area contributed by atoms with E-state index in [1.54, 1.807) is 23.6 Å². The second-order valence-electron chi connectivity index (χ2n) is 27.5. The Morgan fingerprint density at radius 1 is 0.813 bits per heavy atom. The lowest BCUT2D eigenvalue weighted by Gasteiger charge is -2.56. The van der Waals surface area contributed by atoms with Crippen molar-refractivity contribution in [3.8, 4) is 21.6 Å². The van der Waals surface area contributed by atoms with E-state index < -0.39 is 45.4 Å². The number of nitrogens with one attached hydrogen (secondary N) is 4. The van der Waals surface area contributed by atoms with E-state index >= 15 is 0 Å². The number of likely N-dealkylation sites (tertiary alicyclic amines) is 1. The number of hydrogen-bond donors (Lipinski definition) is 5. The lowest BCUT2D eigenvalue weighted by Crippen LogP contribution is -2.57. The zero-order valence-corrected chi connectivity index (χ0v) is 55.2. The highest BCUT2D eigenvalue weighted by molar-refractivity contribution is 7.90. The van der Waals surface area contributed by atoms with Crippen molar-refractivity contribution in [2.45, 2.75) is 169 Å². The molecule has 6 aliphatic rings. The minimum Gasteiger partial charge on any atom is -0.391 e. The normalized spacial score (nSPS) is 21.8. The molecule has 4 atom stereocenters. The summed E-state index contributed by atoms with van der Waals surface area (Å²) >= 11 is 2.97. The van der Waals surface area contributed by atoms with Gasteiger partial charge in [0.05, 0.1) is 50.4 Å². The minimum atomic E-state index is -4.15. The van der Waals surface area contributed by atoms with Gasteiger partial charge in [0.15, 0.2) is 5.13 Å². The number of thiazole rings is 2. The van der Waals surface area contributed by atoms with Gasteiger partial charge in [-0.2, -0.15) is 5.10 Å². The van der Waals surface area contributed by atoms with Crippen LogP contribution in [-0.4, -0.2) is 110 Å². The maximum Gasteiger partial charge on any atom is 0.284 e. The van der Waals surface area contributed by atoms with Crippen LogP contribution >= 0.6 is 22.7 Å². The van der Waals surface area contributed by atoms with Gasteiger partial charge in [0, 0.05) is 61.4 Å². The summed E-state index contributed by atoms with van der Waals surface area (Å²) in [6.07, 6.45) is 11.8. The smallest absolute Gasteiger partial charge is 0.284 e. The number of aromatic nitrogens is 5. The fourth-order valence-electron chi connectivity index (χ4n) is 15.4. The molecule has 4 saturated carbocycles. The third kappa shape index (κ3) is 14.2. The van der Waals surface area contributed by atoms with Crippen LogP contribution in [0.1, 0.15) is 166 Å². The zero-order chi connectivity index (χ0) is 63.9. The Hall–Kier alpha value is -7.40. The summed E-state index contributed by atoms with van der Waals surface area (Å²) in [5.41, 5.74) is 9.39. The van der Waals surface area contributed by atoms with Crippen LogP contribution in [0, 0.1) is 42.4 Å². The molecule has 13 rings (SSSR count). The first kappa shape index (κ1) is 63.7. The van der Waals surface area contributed by atoms with E-state index in [4.69, 9.17) is 10.1 Å². The van der Waals surface area contributed by atoms with Crippen LogP contribution in [0.25, 0.3) is 31.8 Å². The molecule has 1 unspecified atom stereocenters. The fraction of sp³-hybridized carbons (Fsp3) is 0.493. The predicted octanol–water partition coefficient (Wildman–Crippen LogP) is 11.1. The molecule has 5 N–H and O–H groups in total. The highest BCUT2D eigenvalue weighted by Gasteiger charge is 2.51. The summed E-state index contributed by atoms with van der Waals surface area (Å²) in [5.74, 6) is 0.209. The standard InChI is InChI=1S/C69H83N11O8S3/c1-41(47-20-22-49(23-21-47)61-42(2)70-40-89-61)72-64(84)56-32-50(81)37-79(56)66(86)62(68(4,5)6)75-59(82)19-10-8-7-9-13-28-91(87,88)77-65(85)60-51(53-36-71-80(43(53)3)39-69-33-44-29-45(34-69)31-46(30-44)35-69)24-25-58(74-60)78-27-26-48-15-14-16-52(54(48)38-78)63(83)76-67-73-55-17-11-12-18-57(55)90-67/h11-12,14-18,20-25,36,40-41,44-46,50,56,62,81H,7-10,13,19,26-35,37-39H2,1-6H3,(H,72,84)(H,75,82)(H,77,85)(H,73,76,83)/t41-,44?,45?,46?,50+,56-,62?,69?/m0/s1. The number of anilines is 2. The molecule has 4 aliphatic carbocycles. The van der Waals surface area contributed by atoms with Crippen LogP contribution < -0.4 is 25.6 Å². The molecule has 6 heterocycles. The molecule has 7 aromatic rings. The number of carbonyl (C=O) groups excluding carboxylic acids is 5. The maximum atomic E-state index is 14.6. The number of amides is 5. The Bertz CT molecular complexity index is 3930. The third-order valence-corrected chi connectivity index (χ3v) is 22.9. The molecule has 0 spiro atoms. The first-order valence-corrected chi connectivity index (χ1v) is 35.6. The molecule has 5 fully saturated rings. The second kappa shape index (κ2) is 26.3. The van der Waals surface area contributed by atoms with Crippen LogP contribution in [0.2, 0.25) is 0 Å². The van der Waals surface area contributed by atoms with E-state index in [-0.39, 0.29) is 66.4 Å². The number of carbonyl (C=O) groups is 5. The van der Waals surface area contributed by atoms with E-state index in [2.05, 4.69) is 35.3 Å². The molecule has 3 aromatic carbocycles. The van der Waals surface area contributed by atoms with E-state index in [9.17, 15) is 37.5 Å². The quantitative estimate of drug-likeness (QED) is 0.0397. The third-order valence-electron chi connectivity index (χ3n) is 19.6. The van der Waals surface area contributed by atoms with E-state index in [0.717, 1.165) is 73.0 Å². The maximum absolute atomic E-state index is 14.6. The zero-order valence-electron chi connectivity index (χ0n) is 52.8. The number of β-amino-alcohol motifs (C(OH)–C–C–N with tert-alkyl or cyclic N) is 1. The van der Waals surface area contributed by atoms with Crippen molar-refractivity contribution in [2.75, 3.05) is 29.1 Å². The van der Waals surface area contributed by atoms with Gasteiger partial charge >= 0.3 is 0 Å². The molecule has 5 amide bonds. The lowest BCUT2D eigenvalue weighted by atomic mass is 9.49. The van der Waals surface area contributed by atoms with Gasteiger partial charge in [-0.1, -0.05) is 99.9 Å². The molecule has 0 radical (unpaired) electrons. The van der Waals surface area contributed by atoms with Crippen LogP contribution in [-0.2, 0) is 43.9 Å². The van der Waals surface area contributed by atoms with Crippen molar-refractivity contribution < 1.29 is 37.5 Å². The minimum absolute atomic E-state index is 0.0333. The van der Waals surface area contributed by atoms with Crippen molar-refractivity contribution in [3.63, 3.8) is 0 Å². The molecule has 91 heavy (non-hydrogen) atoms. The molecular formula is C69H83N11O8S3. The van der Waals surface area contributed by atoms with Gasteiger partial charge in [0.25, 0.3) is 11.8 Å². The summed E-state index contributed by atoms with van der Waals surface area (Å²) < 4.78 is 33.2. The van der Waals surface area contributed by atoms with Gasteiger partial charge in [0.1, 0.15) is 23.6 Å². The number of aliphatic hydroxyl groups is 1. The monoisotopic (exact) mass is 1290 g/mol. The molecular weight excluding hydrogens is 1210 g/mol. The number of sulfonamides is 1. The number of aryl methyl sites for hydroxylation is 1. The lowest BCUT2D eigenvalue weighted by molar-refractivity contribution is -0.144. The average Bonchev–Trinajstić information content (AvgIpc) is 1.71. The Kier molecular flexibility index (Phi) is 18.4.